The van der Waals surface area contributed by atoms with Gasteiger partial charge in [-0.15, -0.1) is 0 Å². The molecule has 0 bridgehead atoms. The van der Waals surface area contributed by atoms with E-state index < -0.39 is 30.1 Å². The van der Waals surface area contributed by atoms with E-state index in [-0.39, 0.29) is 50.2 Å². The van der Waals surface area contributed by atoms with Gasteiger partial charge in [0.05, 0.1) is 63.6 Å². The lowest BCUT2D eigenvalue weighted by molar-refractivity contribution is -0.149. The van der Waals surface area contributed by atoms with E-state index in [0.29, 0.717) is 141 Å². The highest BCUT2D eigenvalue weighted by atomic mass is 16.6. The summed E-state index contributed by atoms with van der Waals surface area (Å²) >= 11 is 0. The number of carbonyl (C=O) groups excluding carboxylic acids is 6. The molecule has 0 amide bonds. The number of hydrogen-bond donors (Lipinski definition) is 2. The number of aliphatic hydroxyl groups is 1. The second-order valence-corrected chi connectivity index (χ2v) is 33.3. The Kier molecular flexibility index (Phi) is 51.2. The van der Waals surface area contributed by atoms with Crippen LogP contribution in [0.4, 0.5) is 0 Å². The molecule has 2 atom stereocenters. The van der Waals surface area contributed by atoms with Crippen LogP contribution in [0, 0.1) is 11.8 Å². The van der Waals surface area contributed by atoms with Gasteiger partial charge in [0.2, 0.25) is 0 Å². The summed E-state index contributed by atoms with van der Waals surface area (Å²) in [5.41, 5.74) is 4.37. The van der Waals surface area contributed by atoms with Gasteiger partial charge in [-0.25, -0.2) is 14.4 Å². The molecule has 2 unspecified atom stereocenters. The standard InChI is InChI=1S/C101H146O19/c1-3-5-25-37-79-40-44-81(45-41-79)83-48-60-89(61-49-83)119-100(109)85-52-56-87(57-53-85)111-67-29-17-7-9-19-31-69-113-91(77-103)75-96(105)117-73-35-23-13-11-21-33-71-115-94-64-65-95(98(99(107)108)93(94)39-27-15-16-28-66-102)116-72-34-22-12-14-24-36-74-118-97(106)76-92(78-104)114-70-32-20-10-8-18-30-68-112-88-58-54-86(55-59-88)101(110)120-90-62-50-84(51-63-90)82-46-42-80(43-47-82)38-26-6-4-2/h48-65,77-82,91-92,102H,3-47,66-76H2,1-2H3,(H,107,108)/t79-,80-,81-,82-,91?,92?. The highest BCUT2D eigenvalue weighted by Crippen LogP contribution is 2.41. The Morgan fingerprint density at radius 2 is 0.692 bits per heavy atom. The normalized spacial score (nSPS) is 15.7. The number of ether oxygens (including phenoxy) is 10. The molecule has 2 N–H and O–H groups in total. The lowest BCUT2D eigenvalue weighted by Crippen LogP contribution is -2.21. The van der Waals surface area contributed by atoms with Gasteiger partial charge in [-0.2, -0.15) is 0 Å². The molecular weight excluding hydrogens is 1520 g/mol. The number of aldehydes is 2. The quantitative estimate of drug-likeness (QED) is 0.0159. The zero-order chi connectivity index (χ0) is 85.1. The first-order chi connectivity index (χ1) is 58.9. The molecule has 5 aromatic carbocycles. The fraction of sp³-hybridized carbons (Fsp3) is 0.634. The van der Waals surface area contributed by atoms with Crippen LogP contribution < -0.4 is 28.4 Å². The van der Waals surface area contributed by atoms with Crippen molar-refractivity contribution in [3.63, 3.8) is 0 Å². The fourth-order valence-corrected chi connectivity index (χ4v) is 16.3. The number of aliphatic hydroxyl groups excluding tert-OH is 1. The predicted molar refractivity (Wildman–Crippen MR) is 472 cm³/mol. The maximum Gasteiger partial charge on any atom is 0.343 e. The zero-order valence-corrected chi connectivity index (χ0v) is 72.9. The molecule has 2 fully saturated rings. The van der Waals surface area contributed by atoms with Crippen molar-refractivity contribution in [2.75, 3.05) is 59.5 Å². The van der Waals surface area contributed by atoms with Crippen molar-refractivity contribution in [1.82, 2.24) is 0 Å². The summed E-state index contributed by atoms with van der Waals surface area (Å²) < 4.78 is 58.0. The van der Waals surface area contributed by atoms with Crippen LogP contribution >= 0.6 is 0 Å². The summed E-state index contributed by atoms with van der Waals surface area (Å²) in [4.78, 5) is 87.2. The van der Waals surface area contributed by atoms with Crippen LogP contribution in [-0.2, 0) is 44.5 Å². The first kappa shape index (κ1) is 99.0. The number of hydrogen-bond acceptors (Lipinski definition) is 18. The molecule has 120 heavy (non-hydrogen) atoms. The Balaban J connectivity index is 0.631. The Labute approximate surface area is 717 Å². The molecule has 19 nitrogen and oxygen atoms in total. The minimum atomic E-state index is -1.07. The average molecular weight is 1660 g/mol. The predicted octanol–water partition coefficient (Wildman–Crippen LogP) is 23.9. The molecular formula is C101H146O19. The van der Waals surface area contributed by atoms with E-state index in [4.69, 9.17) is 47.4 Å². The van der Waals surface area contributed by atoms with Crippen LogP contribution in [0.15, 0.2) is 109 Å². The number of aromatic carboxylic acids is 1. The molecule has 0 aliphatic heterocycles. The summed E-state index contributed by atoms with van der Waals surface area (Å²) in [6.45, 7) is 7.93. The van der Waals surface area contributed by atoms with Crippen LogP contribution in [0.25, 0.3) is 0 Å². The van der Waals surface area contributed by atoms with Crippen molar-refractivity contribution in [1.29, 1.82) is 0 Å². The van der Waals surface area contributed by atoms with Gasteiger partial charge in [0, 0.05) is 25.4 Å². The van der Waals surface area contributed by atoms with Gasteiger partial charge >= 0.3 is 29.8 Å². The Morgan fingerprint density at radius 3 is 1.07 bits per heavy atom. The van der Waals surface area contributed by atoms with Crippen LogP contribution in [0.3, 0.4) is 0 Å². The van der Waals surface area contributed by atoms with Crippen LogP contribution in [0.5, 0.6) is 34.5 Å². The smallest absolute Gasteiger partial charge is 0.343 e. The number of esters is 4. The molecule has 2 aliphatic carbocycles. The molecule has 5 aromatic rings. The number of carboxylic acids is 1. The highest BCUT2D eigenvalue weighted by Gasteiger charge is 2.26. The maximum atomic E-state index is 12.9. The molecule has 2 aliphatic rings. The third-order valence-electron chi connectivity index (χ3n) is 23.6. The van der Waals surface area contributed by atoms with E-state index in [9.17, 15) is 43.8 Å². The summed E-state index contributed by atoms with van der Waals surface area (Å²) in [7, 11) is 0. The molecule has 2 saturated carbocycles. The average Bonchev–Trinajstić information content (AvgIpc) is 0.806. The SMILES string of the molecule is CCCCC[C@H]1CC[C@H](c2ccc(OC(=O)c3ccc(OCCCCCCCCOC(C=O)CC(=O)OCCCCCCCCOc4ccc(OCCCCCCCCOC(=O)CC(C=O)OCCCCCCCCOc5ccc(C(=O)Oc6ccc([C@H]7CC[C@H](CCCCC)CC7)cc6)cc5)c(C(=O)O)c4CCCCCCO)cc3)cc2)CC1. The van der Waals surface area contributed by atoms with Gasteiger partial charge in [0.1, 0.15) is 64.8 Å². The monoisotopic (exact) mass is 1660 g/mol. The van der Waals surface area contributed by atoms with Crippen molar-refractivity contribution in [3.8, 4) is 34.5 Å². The summed E-state index contributed by atoms with van der Waals surface area (Å²) in [5, 5.41) is 19.8. The summed E-state index contributed by atoms with van der Waals surface area (Å²) in [6, 6.07) is 33.8. The third kappa shape index (κ3) is 41.2. The largest absolute Gasteiger partial charge is 0.494 e. The van der Waals surface area contributed by atoms with Crippen molar-refractivity contribution in [3.05, 3.63) is 143 Å². The number of benzene rings is 5. The van der Waals surface area contributed by atoms with Crippen molar-refractivity contribution < 1.29 is 91.1 Å². The minimum Gasteiger partial charge on any atom is -0.494 e. The first-order valence-corrected chi connectivity index (χ1v) is 46.7. The Morgan fingerprint density at radius 1 is 0.358 bits per heavy atom. The van der Waals surface area contributed by atoms with E-state index in [1.807, 2.05) is 30.3 Å². The van der Waals surface area contributed by atoms with E-state index >= 15 is 0 Å². The number of rotatable bonds is 69. The van der Waals surface area contributed by atoms with Gasteiger partial charge in [0.25, 0.3) is 0 Å². The summed E-state index contributed by atoms with van der Waals surface area (Å²) in [5.74, 6) is 3.57. The van der Waals surface area contributed by atoms with E-state index in [1.165, 1.54) is 114 Å². The second-order valence-electron chi connectivity index (χ2n) is 33.3. The van der Waals surface area contributed by atoms with Gasteiger partial charge in [0.15, 0.2) is 0 Å². The van der Waals surface area contributed by atoms with Gasteiger partial charge in [-0.1, -0.05) is 205 Å². The van der Waals surface area contributed by atoms with Crippen molar-refractivity contribution in [2.24, 2.45) is 11.8 Å². The Hall–Kier alpha value is -8.13. The number of carbonyl (C=O) groups is 7. The molecule has 0 saturated heterocycles. The van der Waals surface area contributed by atoms with Crippen LogP contribution in [0.2, 0.25) is 0 Å². The maximum absolute atomic E-state index is 12.9. The van der Waals surface area contributed by atoms with E-state index in [0.717, 1.165) is 172 Å². The molecule has 19 heteroatoms. The minimum absolute atomic E-state index is 0.109. The van der Waals surface area contributed by atoms with Crippen molar-refractivity contribution in [2.45, 2.75) is 340 Å². The molecule has 7 rings (SSSR count). The second kappa shape index (κ2) is 62.0. The topological polar surface area (TPSA) is 252 Å². The zero-order valence-electron chi connectivity index (χ0n) is 72.9. The summed E-state index contributed by atoms with van der Waals surface area (Å²) in [6.07, 6.45) is 45.6. The van der Waals surface area contributed by atoms with Gasteiger partial charge in [-0.05, 0) is 242 Å². The third-order valence-corrected chi connectivity index (χ3v) is 23.6. The molecule has 0 spiro atoms. The lowest BCUT2D eigenvalue weighted by Gasteiger charge is -2.29. The molecule has 0 radical (unpaired) electrons. The fourth-order valence-electron chi connectivity index (χ4n) is 16.3. The van der Waals surface area contributed by atoms with Gasteiger partial charge < -0.3 is 67.2 Å². The molecule has 664 valence electrons. The van der Waals surface area contributed by atoms with Crippen molar-refractivity contribution >= 4 is 42.4 Å². The van der Waals surface area contributed by atoms with E-state index in [2.05, 4.69) is 38.1 Å². The number of unbranched alkanes of at least 4 members (excludes halogenated alkanes) is 27. The number of carboxylic acid groups (broad SMARTS) is 1. The molecule has 0 aromatic heterocycles. The van der Waals surface area contributed by atoms with Crippen LogP contribution in [0.1, 0.15) is 369 Å². The van der Waals surface area contributed by atoms with E-state index in [1.54, 1.807) is 54.6 Å². The molecule has 0 heterocycles. The first-order valence-electron chi connectivity index (χ1n) is 46.7. The highest BCUT2D eigenvalue weighted by molar-refractivity contribution is 5.94. The lowest BCUT2D eigenvalue weighted by atomic mass is 9.77. The van der Waals surface area contributed by atoms with Gasteiger partial charge in [-0.3, -0.25) is 9.59 Å². The Bertz CT molecular complexity index is 3580. The van der Waals surface area contributed by atoms with Crippen LogP contribution in [-0.4, -0.2) is 124 Å².